The van der Waals surface area contributed by atoms with Crippen LogP contribution >= 0.6 is 11.8 Å². The highest BCUT2D eigenvalue weighted by Gasteiger charge is 2.30. The molecule has 0 aromatic carbocycles. The molecule has 2 aliphatic rings. The Morgan fingerprint density at radius 1 is 1.31 bits per heavy atom. The summed E-state index contributed by atoms with van der Waals surface area (Å²) >= 11 is 1.55. The third-order valence-electron chi connectivity index (χ3n) is 5.52. The number of fused-ring (bicyclic) bond motifs is 2. The van der Waals surface area contributed by atoms with Gasteiger partial charge in [0, 0.05) is 42.6 Å². The van der Waals surface area contributed by atoms with Crippen molar-refractivity contribution >= 4 is 17.7 Å². The Bertz CT molecular complexity index is 1050. The predicted octanol–water partition coefficient (Wildman–Crippen LogP) is 1.09. The van der Waals surface area contributed by atoms with Crippen molar-refractivity contribution in [3.63, 3.8) is 0 Å². The first-order valence-corrected chi connectivity index (χ1v) is 11.1. The van der Waals surface area contributed by atoms with E-state index >= 15 is 0 Å². The zero-order chi connectivity index (χ0) is 20.4. The van der Waals surface area contributed by atoms with E-state index in [0.29, 0.717) is 25.3 Å². The van der Waals surface area contributed by atoms with Gasteiger partial charge in [0.1, 0.15) is 0 Å². The number of hydrogen-bond acceptors (Lipinski definition) is 6. The van der Waals surface area contributed by atoms with Crippen LogP contribution in [0, 0.1) is 0 Å². The summed E-state index contributed by atoms with van der Waals surface area (Å²) in [4.78, 5) is 46.3. The molecule has 0 bridgehead atoms. The second-order valence-corrected chi connectivity index (χ2v) is 8.47. The number of aromatic nitrogens is 4. The summed E-state index contributed by atoms with van der Waals surface area (Å²) in [7, 11) is 0. The van der Waals surface area contributed by atoms with E-state index in [9.17, 15) is 14.4 Å². The number of nitrogens with one attached hydrogen (secondary N) is 1. The maximum absolute atomic E-state index is 12.9. The van der Waals surface area contributed by atoms with Crippen molar-refractivity contribution in [2.24, 2.45) is 0 Å². The van der Waals surface area contributed by atoms with Crippen LogP contribution in [0.25, 0.3) is 0 Å². The smallest absolute Gasteiger partial charge is 0.257 e. The van der Waals surface area contributed by atoms with Crippen LogP contribution in [-0.2, 0) is 30.6 Å². The maximum atomic E-state index is 12.9. The third-order valence-corrected chi connectivity index (χ3v) is 6.61. The standard InChI is InChI=1S/C20H25N5O3S/c1-2-13-9-18(27)24(12-22-13)8-7-21-17(26)10-14-11-29-20-23-16-6-4-3-5-15(16)19(28)25(14)20/h9,12,14H,2-8,10-11H2,1H3,(H,21,26). The molecule has 29 heavy (non-hydrogen) atoms. The summed E-state index contributed by atoms with van der Waals surface area (Å²) in [5.74, 6) is 0.555. The Morgan fingerprint density at radius 2 is 2.14 bits per heavy atom. The maximum Gasteiger partial charge on any atom is 0.257 e. The van der Waals surface area contributed by atoms with Crippen molar-refractivity contribution in [2.45, 2.75) is 63.2 Å². The lowest BCUT2D eigenvalue weighted by atomic mass is 9.97. The predicted molar refractivity (Wildman–Crippen MR) is 110 cm³/mol. The van der Waals surface area contributed by atoms with Crippen LogP contribution in [0.1, 0.15) is 49.2 Å². The van der Waals surface area contributed by atoms with Crippen molar-refractivity contribution in [2.75, 3.05) is 12.3 Å². The number of thioether (sulfide) groups is 1. The lowest BCUT2D eigenvalue weighted by molar-refractivity contribution is -0.121. The SMILES string of the molecule is CCc1cc(=O)n(CCNC(=O)CC2CSc3nc4c(c(=O)n32)CCCC4)cn1. The van der Waals surface area contributed by atoms with Crippen molar-refractivity contribution < 1.29 is 4.79 Å². The molecule has 0 saturated carbocycles. The van der Waals surface area contributed by atoms with Crippen LogP contribution < -0.4 is 16.4 Å². The zero-order valence-electron chi connectivity index (χ0n) is 16.5. The van der Waals surface area contributed by atoms with Crippen molar-refractivity contribution in [1.82, 2.24) is 24.4 Å². The molecular weight excluding hydrogens is 390 g/mol. The topological polar surface area (TPSA) is 98.9 Å². The summed E-state index contributed by atoms with van der Waals surface area (Å²) < 4.78 is 3.20. The molecule has 4 rings (SSSR count). The monoisotopic (exact) mass is 415 g/mol. The van der Waals surface area contributed by atoms with Crippen LogP contribution in [0.4, 0.5) is 0 Å². The van der Waals surface area contributed by atoms with E-state index in [1.165, 1.54) is 17.0 Å². The minimum Gasteiger partial charge on any atom is -0.354 e. The molecule has 1 aliphatic heterocycles. The van der Waals surface area contributed by atoms with Gasteiger partial charge in [-0.25, -0.2) is 9.97 Å². The van der Waals surface area contributed by atoms with E-state index in [1.807, 2.05) is 6.92 Å². The number of amides is 1. The van der Waals surface area contributed by atoms with Gasteiger partial charge in [-0.2, -0.15) is 0 Å². The average Bonchev–Trinajstić information content (AvgIpc) is 3.12. The van der Waals surface area contributed by atoms with Crippen molar-refractivity contribution in [3.05, 3.63) is 50.1 Å². The minimum atomic E-state index is -0.171. The second kappa shape index (κ2) is 8.52. The van der Waals surface area contributed by atoms with E-state index in [1.54, 1.807) is 16.3 Å². The number of nitrogens with zero attached hydrogens (tertiary/aromatic N) is 4. The quantitative estimate of drug-likeness (QED) is 0.710. The second-order valence-electron chi connectivity index (χ2n) is 7.49. The van der Waals surface area contributed by atoms with Gasteiger partial charge in [0.05, 0.1) is 18.1 Å². The molecule has 2 aromatic rings. The molecule has 8 nitrogen and oxygen atoms in total. The molecule has 0 fully saturated rings. The number of carbonyl (C=O) groups excluding carboxylic acids is 1. The number of aryl methyl sites for hydroxylation is 2. The fraction of sp³-hybridized carbons (Fsp3) is 0.550. The van der Waals surface area contributed by atoms with Gasteiger partial charge >= 0.3 is 0 Å². The highest BCUT2D eigenvalue weighted by molar-refractivity contribution is 7.99. The molecule has 0 saturated heterocycles. The average molecular weight is 416 g/mol. The van der Waals surface area contributed by atoms with E-state index in [-0.39, 0.29) is 29.5 Å². The Labute approximate surface area is 172 Å². The third kappa shape index (κ3) is 4.14. The zero-order valence-corrected chi connectivity index (χ0v) is 17.3. The largest absolute Gasteiger partial charge is 0.354 e. The molecule has 154 valence electrons. The van der Waals surface area contributed by atoms with Gasteiger partial charge in [-0.05, 0) is 32.1 Å². The first-order valence-electron chi connectivity index (χ1n) is 10.2. The van der Waals surface area contributed by atoms with Crippen molar-refractivity contribution in [1.29, 1.82) is 0 Å². The lowest BCUT2D eigenvalue weighted by Gasteiger charge is -2.18. The fourth-order valence-corrected chi connectivity index (χ4v) is 5.04. The normalized spacial score (nSPS) is 17.6. The van der Waals surface area contributed by atoms with E-state index < -0.39 is 0 Å². The van der Waals surface area contributed by atoms with Gasteiger partial charge in [0.2, 0.25) is 5.91 Å². The van der Waals surface area contributed by atoms with Gasteiger partial charge < -0.3 is 5.32 Å². The summed E-state index contributed by atoms with van der Waals surface area (Å²) in [6, 6.07) is 1.35. The number of hydrogen-bond donors (Lipinski definition) is 1. The van der Waals surface area contributed by atoms with Crippen molar-refractivity contribution in [3.8, 4) is 0 Å². The van der Waals surface area contributed by atoms with Crippen LogP contribution in [0.3, 0.4) is 0 Å². The van der Waals surface area contributed by atoms with Gasteiger partial charge in [-0.15, -0.1) is 0 Å². The molecule has 0 radical (unpaired) electrons. The molecule has 1 atom stereocenters. The Morgan fingerprint density at radius 3 is 2.93 bits per heavy atom. The summed E-state index contributed by atoms with van der Waals surface area (Å²) in [6.07, 6.45) is 6.23. The molecule has 0 spiro atoms. The van der Waals surface area contributed by atoms with E-state index in [2.05, 4.69) is 15.3 Å². The van der Waals surface area contributed by atoms with Crippen LogP contribution in [-0.4, -0.2) is 37.3 Å². The first kappa shape index (κ1) is 19.9. The Balaban J connectivity index is 1.37. The molecule has 1 unspecified atom stereocenters. The highest BCUT2D eigenvalue weighted by atomic mass is 32.2. The highest BCUT2D eigenvalue weighted by Crippen LogP contribution is 2.33. The molecule has 3 heterocycles. The minimum absolute atomic E-state index is 0.0288. The van der Waals surface area contributed by atoms with Crippen LogP contribution in [0.15, 0.2) is 27.1 Å². The van der Waals surface area contributed by atoms with Gasteiger partial charge in [0.25, 0.3) is 11.1 Å². The van der Waals surface area contributed by atoms with Gasteiger partial charge in [-0.3, -0.25) is 23.5 Å². The van der Waals surface area contributed by atoms with E-state index in [0.717, 1.165) is 47.8 Å². The Hall–Kier alpha value is -2.42. The van der Waals surface area contributed by atoms with Crippen LogP contribution in [0.2, 0.25) is 0 Å². The van der Waals surface area contributed by atoms with Gasteiger partial charge in [0.15, 0.2) is 5.16 Å². The summed E-state index contributed by atoms with van der Waals surface area (Å²) in [5.41, 5.74) is 2.44. The molecule has 9 heteroatoms. The van der Waals surface area contributed by atoms with Crippen LogP contribution in [0.5, 0.6) is 0 Å². The number of carbonyl (C=O) groups is 1. The molecule has 1 amide bonds. The molecule has 1 aliphatic carbocycles. The van der Waals surface area contributed by atoms with E-state index in [4.69, 9.17) is 0 Å². The summed E-state index contributed by atoms with van der Waals surface area (Å²) in [5, 5.41) is 3.59. The molecule has 1 N–H and O–H groups in total. The lowest BCUT2D eigenvalue weighted by Crippen LogP contribution is -2.35. The molecular formula is C20H25N5O3S. The van der Waals surface area contributed by atoms with Gasteiger partial charge in [-0.1, -0.05) is 18.7 Å². The fourth-order valence-electron chi connectivity index (χ4n) is 3.89. The first-order chi connectivity index (χ1) is 14.1. The Kier molecular flexibility index (Phi) is 5.84. The summed E-state index contributed by atoms with van der Waals surface area (Å²) in [6.45, 7) is 2.66. The molecule has 2 aromatic heterocycles. The number of rotatable bonds is 6.